The Morgan fingerprint density at radius 3 is 2.69 bits per heavy atom. The van der Waals surface area contributed by atoms with Crippen molar-refractivity contribution in [3.63, 3.8) is 0 Å². The van der Waals surface area contributed by atoms with Crippen molar-refractivity contribution in [3.05, 3.63) is 52.8 Å². The number of aryl methyl sites for hydroxylation is 1. The Morgan fingerprint density at radius 1 is 1.31 bits per heavy atom. The van der Waals surface area contributed by atoms with Gasteiger partial charge in [-0.25, -0.2) is 0 Å². The number of nitrogen functional groups attached to an aromatic ring is 1. The highest BCUT2D eigenvalue weighted by molar-refractivity contribution is 5.77. The molecular weight excluding hydrogens is 324 g/mol. The molecule has 0 atom stereocenters. The molecule has 2 heterocycles. The van der Waals surface area contributed by atoms with Gasteiger partial charge >= 0.3 is 0 Å². The number of nitriles is 1. The molecule has 0 aliphatic carbocycles. The molecule has 1 saturated heterocycles. The van der Waals surface area contributed by atoms with Gasteiger partial charge in [0, 0.05) is 25.2 Å². The molecule has 5 nitrogen and oxygen atoms in total. The number of rotatable bonds is 4. The molecule has 2 aromatic rings. The zero-order valence-corrected chi connectivity index (χ0v) is 15.5. The van der Waals surface area contributed by atoms with Crippen LogP contribution in [0.25, 0.3) is 0 Å². The van der Waals surface area contributed by atoms with Gasteiger partial charge in [0.2, 0.25) is 5.91 Å². The number of nitrogens with two attached hydrogens (primary N) is 1. The predicted octanol–water partition coefficient (Wildman–Crippen LogP) is 3.10. The third-order valence-electron chi connectivity index (χ3n) is 5.24. The first-order chi connectivity index (χ1) is 12.5. The number of nitrogens with zero attached hydrogens (tertiary/aromatic N) is 3. The summed E-state index contributed by atoms with van der Waals surface area (Å²) in [7, 11) is 0. The van der Waals surface area contributed by atoms with Crippen molar-refractivity contribution in [2.75, 3.05) is 18.8 Å². The van der Waals surface area contributed by atoms with Gasteiger partial charge < -0.3 is 15.2 Å². The standard InChI is InChI=1S/C21H26N4O/c1-15-6-8-24(9-7-15)21(26)14-25-18(13-22)12-19(23)20(25)11-17-5-3-4-16(2)10-17/h3-5,10,12,15H,6-9,11,14,23H2,1-2H3. The van der Waals surface area contributed by atoms with E-state index in [9.17, 15) is 10.1 Å². The number of likely N-dealkylation sites (tertiary alicyclic amines) is 1. The van der Waals surface area contributed by atoms with E-state index in [1.807, 2.05) is 30.0 Å². The number of benzene rings is 1. The van der Waals surface area contributed by atoms with Crippen LogP contribution in [0.5, 0.6) is 0 Å². The molecule has 0 saturated carbocycles. The van der Waals surface area contributed by atoms with Crippen LogP contribution in [-0.4, -0.2) is 28.5 Å². The highest BCUT2D eigenvalue weighted by Gasteiger charge is 2.23. The average Bonchev–Trinajstić information content (AvgIpc) is 2.91. The third kappa shape index (κ3) is 3.91. The molecule has 1 aliphatic heterocycles. The molecule has 1 aromatic carbocycles. The first-order valence-electron chi connectivity index (χ1n) is 9.19. The van der Waals surface area contributed by atoms with Crippen LogP contribution in [0.3, 0.4) is 0 Å². The Labute approximate surface area is 155 Å². The second-order valence-corrected chi connectivity index (χ2v) is 7.36. The second-order valence-electron chi connectivity index (χ2n) is 7.36. The maximum atomic E-state index is 12.8. The second kappa shape index (κ2) is 7.65. The zero-order chi connectivity index (χ0) is 18.7. The molecule has 3 rings (SSSR count). The van der Waals surface area contributed by atoms with Crippen LogP contribution >= 0.6 is 0 Å². The van der Waals surface area contributed by atoms with Gasteiger partial charge in [-0.3, -0.25) is 4.79 Å². The largest absolute Gasteiger partial charge is 0.397 e. The summed E-state index contributed by atoms with van der Waals surface area (Å²) in [5, 5.41) is 9.47. The molecule has 136 valence electrons. The molecule has 0 unspecified atom stereocenters. The summed E-state index contributed by atoms with van der Waals surface area (Å²) >= 11 is 0. The fourth-order valence-corrected chi connectivity index (χ4v) is 3.59. The van der Waals surface area contributed by atoms with E-state index in [0.29, 0.717) is 23.7 Å². The lowest BCUT2D eigenvalue weighted by Gasteiger charge is -2.30. The Balaban J connectivity index is 1.84. The minimum absolute atomic E-state index is 0.0643. The number of hydrogen-bond acceptors (Lipinski definition) is 3. The summed E-state index contributed by atoms with van der Waals surface area (Å²) in [6, 6.07) is 12.1. The summed E-state index contributed by atoms with van der Waals surface area (Å²) in [6.07, 6.45) is 2.70. The molecule has 1 aromatic heterocycles. The Kier molecular flexibility index (Phi) is 5.32. The Hall–Kier alpha value is -2.74. The lowest BCUT2D eigenvalue weighted by molar-refractivity contribution is -0.133. The van der Waals surface area contributed by atoms with Crippen molar-refractivity contribution in [1.82, 2.24) is 9.47 Å². The van der Waals surface area contributed by atoms with Gasteiger partial charge in [-0.1, -0.05) is 36.8 Å². The summed E-state index contributed by atoms with van der Waals surface area (Å²) in [5.41, 5.74) is 10.3. The summed E-state index contributed by atoms with van der Waals surface area (Å²) in [5.74, 6) is 0.738. The minimum atomic E-state index is 0.0643. The van der Waals surface area contributed by atoms with Crippen LogP contribution in [0.4, 0.5) is 5.69 Å². The molecule has 0 bridgehead atoms. The number of hydrogen-bond donors (Lipinski definition) is 1. The topological polar surface area (TPSA) is 75.0 Å². The molecule has 26 heavy (non-hydrogen) atoms. The van der Waals surface area contributed by atoms with E-state index in [1.165, 1.54) is 5.56 Å². The lowest BCUT2D eigenvalue weighted by atomic mass is 9.99. The Bertz CT molecular complexity index is 838. The third-order valence-corrected chi connectivity index (χ3v) is 5.24. The number of carbonyl (C=O) groups is 1. The highest BCUT2D eigenvalue weighted by Crippen LogP contribution is 2.23. The quantitative estimate of drug-likeness (QED) is 0.920. The summed E-state index contributed by atoms with van der Waals surface area (Å²) in [4.78, 5) is 14.7. The molecule has 2 N–H and O–H groups in total. The van der Waals surface area contributed by atoms with Crippen molar-refractivity contribution in [2.24, 2.45) is 5.92 Å². The molecule has 1 aliphatic rings. The van der Waals surface area contributed by atoms with E-state index in [0.717, 1.165) is 37.2 Å². The molecule has 1 amide bonds. The number of amides is 1. The van der Waals surface area contributed by atoms with E-state index in [4.69, 9.17) is 5.73 Å². The molecular formula is C21H26N4O. The maximum absolute atomic E-state index is 12.8. The first kappa shape index (κ1) is 18.1. The number of anilines is 1. The Morgan fingerprint density at radius 2 is 2.04 bits per heavy atom. The summed E-state index contributed by atoms with van der Waals surface area (Å²) < 4.78 is 1.79. The maximum Gasteiger partial charge on any atom is 0.242 e. The number of piperidine rings is 1. The van der Waals surface area contributed by atoms with Gasteiger partial charge in [0.15, 0.2) is 0 Å². The minimum Gasteiger partial charge on any atom is -0.397 e. The average molecular weight is 350 g/mol. The van der Waals surface area contributed by atoms with Crippen LogP contribution in [0.1, 0.15) is 42.3 Å². The highest BCUT2D eigenvalue weighted by atomic mass is 16.2. The van der Waals surface area contributed by atoms with Gasteiger partial charge in [0.1, 0.15) is 18.3 Å². The van der Waals surface area contributed by atoms with Crippen LogP contribution in [0, 0.1) is 24.2 Å². The number of carbonyl (C=O) groups excluding carboxylic acids is 1. The van der Waals surface area contributed by atoms with Gasteiger partial charge in [-0.05, 0) is 37.3 Å². The van der Waals surface area contributed by atoms with Gasteiger partial charge in [0.05, 0.1) is 5.69 Å². The van der Waals surface area contributed by atoms with Crippen molar-refractivity contribution in [1.29, 1.82) is 5.26 Å². The zero-order valence-electron chi connectivity index (χ0n) is 15.5. The van der Waals surface area contributed by atoms with Crippen LogP contribution in [0.15, 0.2) is 30.3 Å². The van der Waals surface area contributed by atoms with Crippen LogP contribution in [0.2, 0.25) is 0 Å². The smallest absolute Gasteiger partial charge is 0.242 e. The van der Waals surface area contributed by atoms with Crippen molar-refractivity contribution in [2.45, 2.75) is 39.7 Å². The van der Waals surface area contributed by atoms with Crippen LogP contribution < -0.4 is 5.73 Å². The SMILES string of the molecule is Cc1cccc(Cc2c(N)cc(C#N)n2CC(=O)N2CCC(C)CC2)c1. The first-order valence-corrected chi connectivity index (χ1v) is 9.19. The molecule has 0 spiro atoms. The van der Waals surface area contributed by atoms with E-state index >= 15 is 0 Å². The predicted molar refractivity (Wildman–Crippen MR) is 103 cm³/mol. The van der Waals surface area contributed by atoms with Crippen molar-refractivity contribution in [3.8, 4) is 6.07 Å². The summed E-state index contributed by atoms with van der Waals surface area (Å²) in [6.45, 7) is 6.04. The monoisotopic (exact) mass is 350 g/mol. The van der Waals surface area contributed by atoms with E-state index < -0.39 is 0 Å². The van der Waals surface area contributed by atoms with E-state index in [2.05, 4.69) is 19.1 Å². The van der Waals surface area contributed by atoms with Crippen molar-refractivity contribution >= 4 is 11.6 Å². The normalized spacial score (nSPS) is 15.0. The fraction of sp³-hybridized carbons (Fsp3) is 0.429. The van der Waals surface area contributed by atoms with E-state index in [1.54, 1.807) is 10.6 Å². The number of aromatic nitrogens is 1. The van der Waals surface area contributed by atoms with E-state index in [-0.39, 0.29) is 12.5 Å². The fourth-order valence-electron chi connectivity index (χ4n) is 3.59. The molecule has 1 fully saturated rings. The lowest BCUT2D eigenvalue weighted by Crippen LogP contribution is -2.40. The van der Waals surface area contributed by atoms with Gasteiger partial charge in [-0.15, -0.1) is 0 Å². The molecule has 0 radical (unpaired) electrons. The molecule has 5 heteroatoms. The van der Waals surface area contributed by atoms with Gasteiger partial charge in [0.25, 0.3) is 0 Å². The van der Waals surface area contributed by atoms with Crippen LogP contribution in [-0.2, 0) is 17.8 Å². The van der Waals surface area contributed by atoms with Crippen molar-refractivity contribution < 1.29 is 4.79 Å². The van der Waals surface area contributed by atoms with Gasteiger partial charge in [-0.2, -0.15) is 5.26 Å².